The maximum atomic E-state index is 12.9. The first-order chi connectivity index (χ1) is 39.5. The Kier molecular flexibility index (Phi) is 67.1. The number of carbonyl (C=O) groups is 3. The first kappa shape index (κ1) is 77.6. The summed E-state index contributed by atoms with van der Waals surface area (Å²) in [6.45, 7) is 6.64. The second kappa shape index (κ2) is 69.1. The van der Waals surface area contributed by atoms with Gasteiger partial charge in [0, 0.05) is 19.3 Å². The fraction of sp³-hybridized carbons (Fsp3) is 0.878. The Balaban J connectivity index is 4.02. The summed E-state index contributed by atoms with van der Waals surface area (Å²) in [5.41, 5.74) is 0. The normalized spacial score (nSPS) is 12.2. The molecule has 470 valence electrons. The Labute approximate surface area is 499 Å². The van der Waals surface area contributed by atoms with Gasteiger partial charge >= 0.3 is 17.9 Å². The maximum absolute atomic E-state index is 12.9. The number of rotatable bonds is 67. The second-order valence-electron chi connectivity index (χ2n) is 24.5. The van der Waals surface area contributed by atoms with E-state index in [9.17, 15) is 14.4 Å². The number of unbranched alkanes of at least 4 members (excludes halogenated alkanes) is 50. The predicted octanol–water partition coefficient (Wildman–Crippen LogP) is 24.7. The Bertz CT molecular complexity index is 1340. The third-order valence-corrected chi connectivity index (χ3v) is 16.3. The largest absolute Gasteiger partial charge is 0.462 e. The van der Waals surface area contributed by atoms with Crippen LogP contribution in [0.25, 0.3) is 0 Å². The minimum Gasteiger partial charge on any atom is -0.462 e. The van der Waals surface area contributed by atoms with Crippen molar-refractivity contribution < 1.29 is 28.6 Å². The van der Waals surface area contributed by atoms with Crippen LogP contribution in [0.2, 0.25) is 0 Å². The molecule has 1 atom stereocenters. The van der Waals surface area contributed by atoms with Crippen molar-refractivity contribution in [1.82, 2.24) is 0 Å². The zero-order chi connectivity index (χ0) is 57.8. The molecule has 0 aliphatic rings. The first-order valence-electron chi connectivity index (χ1n) is 36.0. The number of hydrogen-bond donors (Lipinski definition) is 0. The highest BCUT2D eigenvalue weighted by molar-refractivity contribution is 5.71. The third kappa shape index (κ3) is 66.4. The van der Waals surface area contributed by atoms with Gasteiger partial charge in [0.15, 0.2) is 6.10 Å². The van der Waals surface area contributed by atoms with Crippen LogP contribution in [0.5, 0.6) is 0 Å². The maximum Gasteiger partial charge on any atom is 0.306 e. The van der Waals surface area contributed by atoms with E-state index in [0.29, 0.717) is 19.3 Å². The molecule has 6 nitrogen and oxygen atoms in total. The standard InChI is InChI=1S/C74H138O6/c1-4-7-10-13-16-19-22-24-26-28-29-30-31-32-33-34-35-36-37-38-39-40-41-42-43-44-45-46-48-49-52-55-58-61-64-67-73(76)79-70-71(69-78-72(75)66-63-60-57-54-51-21-18-15-12-9-6-3)80-74(77)68-65-62-59-56-53-50-47-27-25-23-20-17-14-11-8-5-2/h15,18,27-29,47,71H,4-14,16-17,19-26,30-46,48-70H2,1-3H3/b18-15-,29-28-,47-27-. The van der Waals surface area contributed by atoms with Crippen molar-refractivity contribution in [2.75, 3.05) is 13.2 Å². The van der Waals surface area contributed by atoms with Gasteiger partial charge in [-0.05, 0) is 89.9 Å². The van der Waals surface area contributed by atoms with Crippen LogP contribution in [-0.4, -0.2) is 37.2 Å². The van der Waals surface area contributed by atoms with Crippen molar-refractivity contribution in [2.24, 2.45) is 0 Å². The molecule has 0 heterocycles. The zero-order valence-electron chi connectivity index (χ0n) is 54.1. The van der Waals surface area contributed by atoms with Crippen molar-refractivity contribution in [3.63, 3.8) is 0 Å². The molecule has 6 heteroatoms. The molecule has 0 fully saturated rings. The van der Waals surface area contributed by atoms with Gasteiger partial charge in [-0.15, -0.1) is 0 Å². The summed E-state index contributed by atoms with van der Waals surface area (Å²) < 4.78 is 16.9. The lowest BCUT2D eigenvalue weighted by Gasteiger charge is -2.18. The molecule has 0 saturated heterocycles. The van der Waals surface area contributed by atoms with Gasteiger partial charge in [-0.25, -0.2) is 0 Å². The van der Waals surface area contributed by atoms with Crippen molar-refractivity contribution in [2.45, 2.75) is 406 Å². The molecule has 0 aromatic carbocycles. The monoisotopic (exact) mass is 1120 g/mol. The van der Waals surface area contributed by atoms with Crippen LogP contribution in [0.15, 0.2) is 36.5 Å². The summed E-state index contributed by atoms with van der Waals surface area (Å²) in [6, 6.07) is 0. The molecule has 0 N–H and O–H groups in total. The summed E-state index contributed by atoms with van der Waals surface area (Å²) in [5.74, 6) is -0.869. The summed E-state index contributed by atoms with van der Waals surface area (Å²) in [6.07, 6.45) is 86.4. The van der Waals surface area contributed by atoms with Crippen molar-refractivity contribution in [3.8, 4) is 0 Å². The van der Waals surface area contributed by atoms with E-state index >= 15 is 0 Å². The smallest absolute Gasteiger partial charge is 0.306 e. The second-order valence-corrected chi connectivity index (χ2v) is 24.5. The average molecular weight is 1120 g/mol. The molecule has 80 heavy (non-hydrogen) atoms. The van der Waals surface area contributed by atoms with Crippen LogP contribution in [-0.2, 0) is 28.6 Å². The molecule has 0 rings (SSSR count). The molecule has 0 bridgehead atoms. The van der Waals surface area contributed by atoms with Crippen molar-refractivity contribution in [3.05, 3.63) is 36.5 Å². The summed E-state index contributed by atoms with van der Waals surface area (Å²) in [7, 11) is 0. The third-order valence-electron chi connectivity index (χ3n) is 16.3. The lowest BCUT2D eigenvalue weighted by molar-refractivity contribution is -0.167. The summed E-state index contributed by atoms with van der Waals surface area (Å²) in [5, 5.41) is 0. The lowest BCUT2D eigenvalue weighted by atomic mass is 10.0. The van der Waals surface area contributed by atoms with E-state index < -0.39 is 6.10 Å². The van der Waals surface area contributed by atoms with Crippen LogP contribution < -0.4 is 0 Å². The van der Waals surface area contributed by atoms with Gasteiger partial charge < -0.3 is 14.2 Å². The van der Waals surface area contributed by atoms with Gasteiger partial charge in [-0.1, -0.05) is 327 Å². The molecule has 0 radical (unpaired) electrons. The number of carbonyl (C=O) groups excluding carboxylic acids is 3. The molecule has 0 aromatic rings. The molecular weight excluding hydrogens is 985 g/mol. The average Bonchev–Trinajstić information content (AvgIpc) is 3.46. The Hall–Kier alpha value is -2.37. The van der Waals surface area contributed by atoms with E-state index in [1.54, 1.807) is 0 Å². The Morgan fingerprint density at radius 2 is 0.425 bits per heavy atom. The van der Waals surface area contributed by atoms with Gasteiger partial charge in [0.1, 0.15) is 13.2 Å². The van der Waals surface area contributed by atoms with Gasteiger partial charge in [-0.3, -0.25) is 14.4 Å². The highest BCUT2D eigenvalue weighted by Crippen LogP contribution is 2.18. The highest BCUT2D eigenvalue weighted by Gasteiger charge is 2.19. The van der Waals surface area contributed by atoms with Gasteiger partial charge in [-0.2, -0.15) is 0 Å². The zero-order valence-corrected chi connectivity index (χ0v) is 54.1. The van der Waals surface area contributed by atoms with Crippen LogP contribution in [0, 0.1) is 0 Å². The minimum atomic E-state index is -0.777. The Morgan fingerprint density at radius 3 is 0.662 bits per heavy atom. The van der Waals surface area contributed by atoms with Crippen LogP contribution in [0.3, 0.4) is 0 Å². The van der Waals surface area contributed by atoms with E-state index in [4.69, 9.17) is 14.2 Å². The van der Waals surface area contributed by atoms with Crippen LogP contribution >= 0.6 is 0 Å². The number of ether oxygens (including phenoxy) is 3. The van der Waals surface area contributed by atoms with E-state index in [1.807, 2.05) is 0 Å². The number of allylic oxidation sites excluding steroid dienone is 6. The molecule has 0 aliphatic heterocycles. The molecule has 0 spiro atoms. The summed E-state index contributed by atoms with van der Waals surface area (Å²) >= 11 is 0. The van der Waals surface area contributed by atoms with E-state index in [1.165, 1.54) is 289 Å². The van der Waals surface area contributed by atoms with E-state index in [2.05, 4.69) is 57.2 Å². The molecular formula is C74H138O6. The lowest BCUT2D eigenvalue weighted by Crippen LogP contribution is -2.30. The van der Waals surface area contributed by atoms with Crippen molar-refractivity contribution in [1.29, 1.82) is 0 Å². The number of esters is 3. The highest BCUT2D eigenvalue weighted by atomic mass is 16.6. The molecule has 0 aromatic heterocycles. The number of hydrogen-bond acceptors (Lipinski definition) is 6. The molecule has 0 saturated carbocycles. The SMILES string of the molecule is CCCC/C=C\CCCCCCCC(=O)OCC(COC(=O)CCCCCCCCCCCCCCCCCCCCCCCCC/C=C\CCCCCCCCCC)OC(=O)CCCCCCC/C=C\CCCCCCCCC. The van der Waals surface area contributed by atoms with Crippen LogP contribution in [0.1, 0.15) is 400 Å². The van der Waals surface area contributed by atoms with E-state index in [0.717, 1.165) is 70.6 Å². The topological polar surface area (TPSA) is 78.9 Å². The first-order valence-corrected chi connectivity index (χ1v) is 36.0. The van der Waals surface area contributed by atoms with E-state index in [-0.39, 0.29) is 31.1 Å². The predicted molar refractivity (Wildman–Crippen MR) is 349 cm³/mol. The Morgan fingerprint density at radius 1 is 0.237 bits per heavy atom. The molecule has 1 unspecified atom stereocenters. The fourth-order valence-electron chi connectivity index (χ4n) is 10.9. The minimum absolute atomic E-state index is 0.0737. The van der Waals surface area contributed by atoms with Gasteiger partial charge in [0.25, 0.3) is 0 Å². The molecule has 0 aliphatic carbocycles. The van der Waals surface area contributed by atoms with Crippen LogP contribution in [0.4, 0.5) is 0 Å². The quantitative estimate of drug-likeness (QED) is 0.0261. The molecule has 0 amide bonds. The van der Waals surface area contributed by atoms with Crippen molar-refractivity contribution >= 4 is 17.9 Å². The van der Waals surface area contributed by atoms with Gasteiger partial charge in [0.05, 0.1) is 0 Å². The van der Waals surface area contributed by atoms with Gasteiger partial charge in [0.2, 0.25) is 0 Å². The fourth-order valence-corrected chi connectivity index (χ4v) is 10.9. The summed E-state index contributed by atoms with van der Waals surface area (Å²) in [4.78, 5) is 38.3.